The van der Waals surface area contributed by atoms with Gasteiger partial charge >= 0.3 is 0 Å². The van der Waals surface area contributed by atoms with Crippen molar-refractivity contribution in [3.05, 3.63) is 105 Å². The number of nitrogens with zero attached hydrogens (tertiary/aromatic N) is 3. The van der Waals surface area contributed by atoms with E-state index in [1.807, 2.05) is 54.6 Å². The van der Waals surface area contributed by atoms with E-state index in [0.29, 0.717) is 51.7 Å². The van der Waals surface area contributed by atoms with E-state index < -0.39 is 0 Å². The second-order valence-electron chi connectivity index (χ2n) is 8.72. The van der Waals surface area contributed by atoms with Gasteiger partial charge < -0.3 is 14.8 Å². The first-order valence-corrected chi connectivity index (χ1v) is 13.2. The molecule has 0 saturated carbocycles. The fourth-order valence-electron chi connectivity index (χ4n) is 4.31. The Morgan fingerprint density at radius 3 is 2.68 bits per heavy atom. The van der Waals surface area contributed by atoms with Gasteiger partial charge in [-0.25, -0.2) is 4.98 Å². The van der Waals surface area contributed by atoms with Crippen LogP contribution in [-0.2, 0) is 17.8 Å². The van der Waals surface area contributed by atoms with Gasteiger partial charge in [0.05, 0.1) is 10.5 Å². The highest BCUT2D eigenvalue weighted by Crippen LogP contribution is 2.34. The van der Waals surface area contributed by atoms with E-state index in [4.69, 9.17) is 21.7 Å². The lowest BCUT2D eigenvalue weighted by molar-refractivity contribution is -0.122. The highest BCUT2D eigenvalue weighted by Gasteiger charge is 2.32. The van der Waals surface area contributed by atoms with Crippen molar-refractivity contribution in [2.24, 2.45) is 0 Å². The number of hydrogen-bond acceptors (Lipinski definition) is 8. The number of amides is 1. The van der Waals surface area contributed by atoms with Crippen LogP contribution in [0.15, 0.2) is 82.6 Å². The number of thioether (sulfide) groups is 1. The van der Waals surface area contributed by atoms with Crippen molar-refractivity contribution >= 4 is 51.7 Å². The van der Waals surface area contributed by atoms with Gasteiger partial charge in [0.1, 0.15) is 15.8 Å². The topological polar surface area (TPSA) is 85.2 Å². The summed E-state index contributed by atoms with van der Waals surface area (Å²) >= 11 is 6.71. The molecular formula is C28H22N4O4S2. The molecule has 2 aromatic heterocycles. The minimum Gasteiger partial charge on any atom is -0.454 e. The Balaban J connectivity index is 1.30. The number of rotatable bonds is 7. The van der Waals surface area contributed by atoms with E-state index in [1.165, 1.54) is 16.2 Å². The first kappa shape index (κ1) is 24.2. The van der Waals surface area contributed by atoms with Crippen LogP contribution in [0, 0.1) is 0 Å². The van der Waals surface area contributed by atoms with Gasteiger partial charge in [-0.2, -0.15) is 0 Å². The molecule has 0 spiro atoms. The van der Waals surface area contributed by atoms with Crippen LogP contribution in [0.1, 0.15) is 16.7 Å². The number of nitrogens with one attached hydrogen (secondary N) is 1. The van der Waals surface area contributed by atoms with E-state index in [2.05, 4.69) is 10.3 Å². The van der Waals surface area contributed by atoms with Crippen molar-refractivity contribution in [1.29, 1.82) is 0 Å². The number of ether oxygens (including phenoxy) is 2. The fourth-order valence-corrected chi connectivity index (χ4v) is 5.60. The van der Waals surface area contributed by atoms with Crippen molar-refractivity contribution in [1.82, 2.24) is 14.3 Å². The van der Waals surface area contributed by atoms with Crippen LogP contribution in [0.3, 0.4) is 0 Å². The van der Waals surface area contributed by atoms with Crippen molar-refractivity contribution in [3.8, 4) is 11.5 Å². The van der Waals surface area contributed by atoms with E-state index >= 15 is 0 Å². The van der Waals surface area contributed by atoms with Crippen LogP contribution >= 0.6 is 24.0 Å². The SMILES string of the molecule is O=C1/C(=C/c2c(NCc3ccc4c(c3)OCO4)nc3ccccn3c2=O)SC(=S)N1CCc1ccccc1. The summed E-state index contributed by atoms with van der Waals surface area (Å²) in [5, 5.41) is 3.28. The summed E-state index contributed by atoms with van der Waals surface area (Å²) in [6.07, 6.45) is 3.94. The molecule has 1 amide bonds. The molecule has 2 aliphatic heterocycles. The molecule has 38 heavy (non-hydrogen) atoms. The van der Waals surface area contributed by atoms with Gasteiger partial charge in [-0.3, -0.25) is 18.9 Å². The molecule has 2 aromatic carbocycles. The van der Waals surface area contributed by atoms with Gasteiger partial charge in [0, 0.05) is 19.3 Å². The number of fused-ring (bicyclic) bond motifs is 2. The Kier molecular flexibility index (Phi) is 6.57. The van der Waals surface area contributed by atoms with Gasteiger partial charge in [0.15, 0.2) is 11.5 Å². The zero-order valence-corrected chi connectivity index (χ0v) is 21.8. The van der Waals surface area contributed by atoms with Crippen LogP contribution in [-0.4, -0.2) is 37.8 Å². The van der Waals surface area contributed by atoms with E-state index in [0.717, 1.165) is 11.1 Å². The molecule has 8 nitrogen and oxygen atoms in total. The molecule has 4 heterocycles. The second-order valence-corrected chi connectivity index (χ2v) is 10.4. The van der Waals surface area contributed by atoms with Gasteiger partial charge in [0.2, 0.25) is 6.79 Å². The number of pyridine rings is 1. The third-order valence-corrected chi connectivity index (χ3v) is 7.66. The van der Waals surface area contributed by atoms with Crippen molar-refractivity contribution in [2.75, 3.05) is 18.7 Å². The third-order valence-electron chi connectivity index (χ3n) is 6.28. The predicted molar refractivity (Wildman–Crippen MR) is 151 cm³/mol. The molecule has 1 N–H and O–H groups in total. The Bertz CT molecular complexity index is 1650. The second kappa shape index (κ2) is 10.3. The standard InChI is InChI=1S/C28H22N4O4S2/c33-26-20(15-23-27(34)32(28(37)38-23)13-11-18-6-2-1-3-7-18)25(30-24-8-4-5-12-31(24)26)29-16-19-9-10-21-22(14-19)36-17-35-21/h1-10,12,14-15,29H,11,13,16-17H2/b23-15-. The molecule has 1 fully saturated rings. The number of benzene rings is 2. The monoisotopic (exact) mass is 542 g/mol. The van der Waals surface area contributed by atoms with Gasteiger partial charge in [-0.15, -0.1) is 0 Å². The minimum absolute atomic E-state index is 0.197. The Morgan fingerprint density at radius 1 is 1.00 bits per heavy atom. The number of hydrogen-bond donors (Lipinski definition) is 1. The molecule has 0 aliphatic carbocycles. The first-order chi connectivity index (χ1) is 18.6. The number of thiocarbonyl (C=S) groups is 1. The summed E-state index contributed by atoms with van der Waals surface area (Å²) in [5.74, 6) is 1.55. The lowest BCUT2D eigenvalue weighted by Crippen LogP contribution is -2.30. The smallest absolute Gasteiger partial charge is 0.267 e. The first-order valence-electron chi connectivity index (χ1n) is 12.0. The highest BCUT2D eigenvalue weighted by atomic mass is 32.2. The number of carbonyl (C=O) groups excluding carboxylic acids is 1. The average molecular weight is 543 g/mol. The molecule has 190 valence electrons. The fraction of sp³-hybridized carbons (Fsp3) is 0.143. The maximum absolute atomic E-state index is 13.5. The zero-order chi connectivity index (χ0) is 26.1. The minimum atomic E-state index is -0.279. The molecule has 0 atom stereocenters. The number of aromatic nitrogens is 2. The third kappa shape index (κ3) is 4.75. The average Bonchev–Trinajstić information content (AvgIpc) is 3.51. The Hall–Kier alpha value is -4.15. The van der Waals surface area contributed by atoms with E-state index in [-0.39, 0.29) is 23.8 Å². The highest BCUT2D eigenvalue weighted by molar-refractivity contribution is 8.26. The maximum atomic E-state index is 13.5. The lowest BCUT2D eigenvalue weighted by atomic mass is 10.1. The number of anilines is 1. The Morgan fingerprint density at radius 2 is 1.82 bits per heavy atom. The summed E-state index contributed by atoms with van der Waals surface area (Å²) in [5.41, 5.74) is 2.56. The summed E-state index contributed by atoms with van der Waals surface area (Å²) in [4.78, 5) is 33.5. The van der Waals surface area contributed by atoms with E-state index in [1.54, 1.807) is 29.3 Å². The van der Waals surface area contributed by atoms with Crippen molar-refractivity contribution < 1.29 is 14.3 Å². The van der Waals surface area contributed by atoms with Gasteiger partial charge in [-0.05, 0) is 47.9 Å². The molecule has 1 saturated heterocycles. The summed E-state index contributed by atoms with van der Waals surface area (Å²) in [6, 6.07) is 21.0. The lowest BCUT2D eigenvalue weighted by Gasteiger charge is -2.14. The van der Waals surface area contributed by atoms with Crippen LogP contribution in [0.5, 0.6) is 11.5 Å². The molecular weight excluding hydrogens is 520 g/mol. The molecule has 2 aliphatic rings. The largest absolute Gasteiger partial charge is 0.454 e. The van der Waals surface area contributed by atoms with Crippen molar-refractivity contribution in [3.63, 3.8) is 0 Å². The van der Waals surface area contributed by atoms with Gasteiger partial charge in [0.25, 0.3) is 11.5 Å². The maximum Gasteiger partial charge on any atom is 0.267 e. The molecule has 0 bridgehead atoms. The van der Waals surface area contributed by atoms with E-state index in [9.17, 15) is 9.59 Å². The number of carbonyl (C=O) groups is 1. The Labute approximate surface area is 227 Å². The zero-order valence-electron chi connectivity index (χ0n) is 20.1. The molecule has 4 aromatic rings. The van der Waals surface area contributed by atoms with Crippen molar-refractivity contribution in [2.45, 2.75) is 13.0 Å². The van der Waals surface area contributed by atoms with Gasteiger partial charge in [-0.1, -0.05) is 66.4 Å². The molecule has 0 radical (unpaired) electrons. The summed E-state index contributed by atoms with van der Waals surface area (Å²) in [6.45, 7) is 1.06. The molecule has 10 heteroatoms. The molecule has 6 rings (SSSR count). The quantitative estimate of drug-likeness (QED) is 0.270. The normalized spacial score (nSPS) is 15.6. The van der Waals surface area contributed by atoms with Crippen LogP contribution < -0.4 is 20.3 Å². The summed E-state index contributed by atoms with van der Waals surface area (Å²) in [7, 11) is 0. The van der Waals surface area contributed by atoms with Crippen LogP contribution in [0.25, 0.3) is 11.7 Å². The summed E-state index contributed by atoms with van der Waals surface area (Å²) < 4.78 is 12.8. The molecule has 0 unspecified atom stereocenters. The van der Waals surface area contributed by atoms with Crippen LogP contribution in [0.2, 0.25) is 0 Å². The van der Waals surface area contributed by atoms with Crippen LogP contribution in [0.4, 0.5) is 5.82 Å². The predicted octanol–water partition coefficient (Wildman–Crippen LogP) is 4.48.